The predicted molar refractivity (Wildman–Crippen MR) is 72.6 cm³/mol. The van der Waals surface area contributed by atoms with E-state index in [1.54, 1.807) is 19.4 Å². The van der Waals surface area contributed by atoms with Crippen molar-refractivity contribution in [3.05, 3.63) is 29.6 Å². The molecule has 0 atom stereocenters. The van der Waals surface area contributed by atoms with Gasteiger partial charge >= 0.3 is 0 Å². The normalized spacial score (nSPS) is 16.1. The van der Waals surface area contributed by atoms with Crippen LogP contribution in [0.2, 0.25) is 0 Å². The number of nitrogens with zero attached hydrogens (tertiary/aromatic N) is 1. The Hall–Kier alpha value is -1.46. The molecule has 1 aromatic heterocycles. The Balaban J connectivity index is 1.83. The Morgan fingerprint density at radius 3 is 2.84 bits per heavy atom. The van der Waals surface area contributed by atoms with Crippen molar-refractivity contribution in [1.82, 2.24) is 10.3 Å². The SMILES string of the molecule is COCCC1(CNC(=O)c2ccc(CN)cn2)CC1. The summed E-state index contributed by atoms with van der Waals surface area (Å²) in [7, 11) is 1.71. The molecule has 2 rings (SSSR count). The van der Waals surface area contributed by atoms with E-state index in [0.717, 1.165) is 31.4 Å². The molecule has 1 aliphatic carbocycles. The fraction of sp³-hybridized carbons (Fsp3) is 0.571. The molecule has 0 unspecified atom stereocenters. The zero-order valence-electron chi connectivity index (χ0n) is 11.3. The lowest BCUT2D eigenvalue weighted by atomic mass is 10.0. The summed E-state index contributed by atoms with van der Waals surface area (Å²) < 4.78 is 5.10. The van der Waals surface area contributed by atoms with Crippen molar-refractivity contribution in [3.63, 3.8) is 0 Å². The summed E-state index contributed by atoms with van der Waals surface area (Å²) in [5, 5.41) is 2.96. The second-order valence-electron chi connectivity index (χ2n) is 5.18. The Morgan fingerprint density at radius 1 is 1.53 bits per heavy atom. The molecule has 0 radical (unpaired) electrons. The molecule has 1 heterocycles. The molecule has 0 saturated heterocycles. The topological polar surface area (TPSA) is 77.2 Å². The van der Waals surface area contributed by atoms with E-state index in [2.05, 4.69) is 10.3 Å². The number of carbonyl (C=O) groups excluding carboxylic acids is 1. The van der Waals surface area contributed by atoms with Gasteiger partial charge in [0.2, 0.25) is 0 Å². The number of pyridine rings is 1. The van der Waals surface area contributed by atoms with Gasteiger partial charge in [0.25, 0.3) is 5.91 Å². The van der Waals surface area contributed by atoms with E-state index in [-0.39, 0.29) is 11.3 Å². The van der Waals surface area contributed by atoms with Gasteiger partial charge in [-0.1, -0.05) is 6.07 Å². The lowest BCUT2D eigenvalue weighted by Crippen LogP contribution is -2.31. The first-order valence-corrected chi connectivity index (χ1v) is 6.61. The molecule has 0 aliphatic heterocycles. The summed E-state index contributed by atoms with van der Waals surface area (Å²) in [6, 6.07) is 3.55. The molecule has 1 aromatic rings. The molecule has 1 amide bonds. The van der Waals surface area contributed by atoms with Crippen molar-refractivity contribution in [1.29, 1.82) is 0 Å². The molecule has 1 fully saturated rings. The summed E-state index contributed by atoms with van der Waals surface area (Å²) in [6.07, 6.45) is 4.97. The van der Waals surface area contributed by atoms with E-state index < -0.39 is 0 Å². The highest BCUT2D eigenvalue weighted by Crippen LogP contribution is 2.48. The number of carbonyl (C=O) groups is 1. The maximum Gasteiger partial charge on any atom is 0.269 e. The number of ether oxygens (including phenoxy) is 1. The lowest BCUT2D eigenvalue weighted by Gasteiger charge is -2.15. The number of methoxy groups -OCH3 is 1. The van der Waals surface area contributed by atoms with Crippen LogP contribution in [0.4, 0.5) is 0 Å². The molecular weight excluding hydrogens is 242 g/mol. The van der Waals surface area contributed by atoms with Crippen LogP contribution >= 0.6 is 0 Å². The summed E-state index contributed by atoms with van der Waals surface area (Å²) in [4.78, 5) is 16.1. The second-order valence-corrected chi connectivity index (χ2v) is 5.18. The minimum Gasteiger partial charge on any atom is -0.385 e. The van der Waals surface area contributed by atoms with Gasteiger partial charge in [-0.3, -0.25) is 9.78 Å². The first-order valence-electron chi connectivity index (χ1n) is 6.61. The molecule has 5 nitrogen and oxygen atoms in total. The van der Waals surface area contributed by atoms with Gasteiger partial charge in [-0.2, -0.15) is 0 Å². The molecule has 0 spiro atoms. The van der Waals surface area contributed by atoms with E-state index in [1.165, 1.54) is 0 Å². The van der Waals surface area contributed by atoms with Gasteiger partial charge in [-0.15, -0.1) is 0 Å². The predicted octanol–water partition coefficient (Wildman–Crippen LogP) is 1.09. The smallest absolute Gasteiger partial charge is 0.269 e. The van der Waals surface area contributed by atoms with Crippen LogP contribution in [0.25, 0.3) is 0 Å². The highest BCUT2D eigenvalue weighted by atomic mass is 16.5. The van der Waals surface area contributed by atoms with Gasteiger partial charge in [0, 0.05) is 33.0 Å². The Labute approximate surface area is 113 Å². The third-order valence-electron chi connectivity index (χ3n) is 3.71. The quantitative estimate of drug-likeness (QED) is 0.772. The van der Waals surface area contributed by atoms with Gasteiger partial charge in [0.05, 0.1) is 0 Å². The van der Waals surface area contributed by atoms with E-state index in [0.29, 0.717) is 18.8 Å². The number of nitrogens with one attached hydrogen (secondary N) is 1. The third-order valence-corrected chi connectivity index (χ3v) is 3.71. The van der Waals surface area contributed by atoms with Crippen LogP contribution in [0.5, 0.6) is 0 Å². The highest BCUT2D eigenvalue weighted by molar-refractivity contribution is 5.92. The van der Waals surface area contributed by atoms with Crippen LogP contribution < -0.4 is 11.1 Å². The minimum absolute atomic E-state index is 0.118. The highest BCUT2D eigenvalue weighted by Gasteiger charge is 2.42. The van der Waals surface area contributed by atoms with Gasteiger partial charge in [0.1, 0.15) is 5.69 Å². The number of aromatic nitrogens is 1. The molecule has 0 bridgehead atoms. The molecular formula is C14H21N3O2. The average Bonchev–Trinajstić information content (AvgIpc) is 3.23. The minimum atomic E-state index is -0.118. The maximum atomic E-state index is 12.0. The zero-order valence-corrected chi connectivity index (χ0v) is 11.3. The second kappa shape index (κ2) is 6.12. The molecule has 3 N–H and O–H groups in total. The fourth-order valence-electron chi connectivity index (χ4n) is 2.05. The van der Waals surface area contributed by atoms with Crippen molar-refractivity contribution < 1.29 is 9.53 Å². The van der Waals surface area contributed by atoms with Crippen LogP contribution in [0.15, 0.2) is 18.3 Å². The van der Waals surface area contributed by atoms with E-state index in [4.69, 9.17) is 10.5 Å². The third kappa shape index (κ3) is 3.75. The number of hydrogen-bond donors (Lipinski definition) is 2. The summed E-state index contributed by atoms with van der Waals surface area (Å²) in [5.41, 5.74) is 7.12. The standard InChI is InChI=1S/C14H21N3O2/c1-19-7-6-14(4-5-14)10-17-13(18)12-3-2-11(8-15)9-16-12/h2-3,9H,4-8,10,15H2,1H3,(H,17,18). The first kappa shape index (κ1) is 14.0. The first-order chi connectivity index (χ1) is 9.19. The van der Waals surface area contributed by atoms with Crippen molar-refractivity contribution in [2.24, 2.45) is 11.1 Å². The van der Waals surface area contributed by atoms with Crippen molar-refractivity contribution in [2.45, 2.75) is 25.8 Å². The van der Waals surface area contributed by atoms with Gasteiger partial charge in [-0.25, -0.2) is 0 Å². The lowest BCUT2D eigenvalue weighted by molar-refractivity contribution is 0.0933. The molecule has 1 aliphatic rings. The maximum absolute atomic E-state index is 12.0. The van der Waals surface area contributed by atoms with Crippen molar-refractivity contribution >= 4 is 5.91 Å². The Kier molecular flexibility index (Phi) is 4.50. The molecule has 0 aromatic carbocycles. The van der Waals surface area contributed by atoms with Crippen molar-refractivity contribution in [3.8, 4) is 0 Å². The molecule has 1 saturated carbocycles. The van der Waals surface area contributed by atoms with Crippen LogP contribution in [0.1, 0.15) is 35.3 Å². The monoisotopic (exact) mass is 263 g/mol. The van der Waals surface area contributed by atoms with Crippen LogP contribution in [-0.2, 0) is 11.3 Å². The van der Waals surface area contributed by atoms with Gasteiger partial charge in [0.15, 0.2) is 0 Å². The zero-order chi connectivity index (χ0) is 13.7. The Bertz CT molecular complexity index is 427. The number of nitrogens with two attached hydrogens (primary N) is 1. The number of rotatable bonds is 7. The van der Waals surface area contributed by atoms with E-state index in [9.17, 15) is 4.79 Å². The number of hydrogen-bond acceptors (Lipinski definition) is 4. The van der Waals surface area contributed by atoms with Gasteiger partial charge < -0.3 is 15.8 Å². The number of amides is 1. The Morgan fingerprint density at radius 2 is 2.32 bits per heavy atom. The average molecular weight is 263 g/mol. The van der Waals surface area contributed by atoms with Crippen LogP contribution in [0.3, 0.4) is 0 Å². The largest absolute Gasteiger partial charge is 0.385 e. The van der Waals surface area contributed by atoms with Crippen molar-refractivity contribution in [2.75, 3.05) is 20.3 Å². The summed E-state index contributed by atoms with van der Waals surface area (Å²) in [5.74, 6) is -0.118. The van der Waals surface area contributed by atoms with Crippen LogP contribution in [-0.4, -0.2) is 31.2 Å². The molecule has 104 valence electrons. The molecule has 19 heavy (non-hydrogen) atoms. The summed E-state index contributed by atoms with van der Waals surface area (Å²) >= 11 is 0. The van der Waals surface area contributed by atoms with E-state index in [1.807, 2.05) is 6.07 Å². The molecule has 5 heteroatoms. The van der Waals surface area contributed by atoms with E-state index >= 15 is 0 Å². The fourth-order valence-corrected chi connectivity index (χ4v) is 2.05. The van der Waals surface area contributed by atoms with Crippen LogP contribution in [0, 0.1) is 5.41 Å². The summed E-state index contributed by atoms with van der Waals surface area (Å²) in [6.45, 7) is 1.89. The van der Waals surface area contributed by atoms with Gasteiger partial charge in [-0.05, 0) is 36.3 Å².